The van der Waals surface area contributed by atoms with E-state index >= 15 is 0 Å². The molecule has 1 aliphatic carbocycles. The van der Waals surface area contributed by atoms with Crippen LogP contribution in [0.5, 0.6) is 0 Å². The zero-order valence-corrected chi connectivity index (χ0v) is 17.2. The Kier molecular flexibility index (Phi) is 6.55. The zero-order chi connectivity index (χ0) is 19.4. The molecule has 2 aliphatic rings. The summed E-state index contributed by atoms with van der Waals surface area (Å²) in [6.07, 6.45) is 5.19. The van der Waals surface area contributed by atoms with E-state index in [4.69, 9.17) is 0 Å². The summed E-state index contributed by atoms with van der Waals surface area (Å²) in [6, 6.07) is 7.16. The van der Waals surface area contributed by atoms with Crippen molar-refractivity contribution in [3.05, 3.63) is 29.8 Å². The number of piperazine rings is 1. The number of carbonyl (C=O) groups excluding carboxylic acids is 1. The van der Waals surface area contributed by atoms with Gasteiger partial charge in [0.05, 0.1) is 4.90 Å². The van der Waals surface area contributed by atoms with Crippen molar-refractivity contribution in [3.63, 3.8) is 0 Å². The number of hydrogen-bond acceptors (Lipinski definition) is 4. The minimum absolute atomic E-state index is 0.0716. The van der Waals surface area contributed by atoms with Crippen molar-refractivity contribution in [1.82, 2.24) is 14.1 Å². The Morgan fingerprint density at radius 1 is 1.07 bits per heavy atom. The molecule has 1 aromatic carbocycles. The molecule has 1 aromatic rings. The van der Waals surface area contributed by atoms with Crippen molar-refractivity contribution in [3.8, 4) is 0 Å². The van der Waals surface area contributed by atoms with E-state index in [0.29, 0.717) is 37.8 Å². The first-order chi connectivity index (χ1) is 13.0. The monoisotopic (exact) mass is 393 g/mol. The summed E-state index contributed by atoms with van der Waals surface area (Å²) in [7, 11) is -3.55. The normalized spacial score (nSPS) is 19.7. The largest absolute Gasteiger partial charge is 0.336 e. The van der Waals surface area contributed by atoms with Gasteiger partial charge in [0, 0.05) is 50.9 Å². The topological polar surface area (TPSA) is 60.9 Å². The van der Waals surface area contributed by atoms with Gasteiger partial charge in [-0.15, -0.1) is 0 Å². The van der Waals surface area contributed by atoms with Gasteiger partial charge in [-0.05, 0) is 31.0 Å². The molecule has 0 radical (unpaired) electrons. The van der Waals surface area contributed by atoms with Crippen molar-refractivity contribution in [2.75, 3.05) is 39.3 Å². The second-order valence-electron chi connectivity index (χ2n) is 7.38. The molecule has 1 aliphatic heterocycles. The molecule has 0 unspecified atom stereocenters. The molecule has 1 amide bonds. The molecular formula is C20H31N3O3S. The fourth-order valence-corrected chi connectivity index (χ4v) is 5.75. The van der Waals surface area contributed by atoms with Gasteiger partial charge < -0.3 is 4.90 Å². The highest BCUT2D eigenvalue weighted by molar-refractivity contribution is 7.89. The van der Waals surface area contributed by atoms with Crippen molar-refractivity contribution in [2.45, 2.75) is 50.5 Å². The molecule has 3 rings (SSSR count). The number of sulfonamides is 1. The summed E-state index contributed by atoms with van der Waals surface area (Å²) < 4.78 is 26.9. The van der Waals surface area contributed by atoms with Crippen LogP contribution in [0.2, 0.25) is 0 Å². The average molecular weight is 394 g/mol. The Morgan fingerprint density at radius 2 is 1.70 bits per heavy atom. The molecule has 27 heavy (non-hydrogen) atoms. The van der Waals surface area contributed by atoms with E-state index in [0.717, 1.165) is 13.1 Å². The molecule has 2 fully saturated rings. The Hall–Kier alpha value is -1.44. The van der Waals surface area contributed by atoms with Gasteiger partial charge in [0.1, 0.15) is 0 Å². The van der Waals surface area contributed by atoms with E-state index in [1.807, 2.05) is 18.7 Å². The van der Waals surface area contributed by atoms with E-state index in [1.165, 1.54) is 36.1 Å². The van der Waals surface area contributed by atoms with Gasteiger partial charge in [-0.2, -0.15) is 4.31 Å². The van der Waals surface area contributed by atoms with E-state index in [1.54, 1.807) is 18.2 Å². The maximum absolute atomic E-state index is 12.9. The number of nitrogens with zero attached hydrogens (tertiary/aromatic N) is 3. The summed E-state index contributed by atoms with van der Waals surface area (Å²) in [5, 5.41) is 0. The van der Waals surface area contributed by atoms with Crippen LogP contribution in [0.15, 0.2) is 29.2 Å². The molecule has 0 N–H and O–H groups in total. The average Bonchev–Trinajstić information content (AvgIpc) is 3.23. The Bertz CT molecular complexity index is 747. The van der Waals surface area contributed by atoms with Crippen LogP contribution in [0.4, 0.5) is 0 Å². The minimum Gasteiger partial charge on any atom is -0.336 e. The van der Waals surface area contributed by atoms with Gasteiger partial charge in [-0.3, -0.25) is 9.69 Å². The molecule has 0 atom stereocenters. The van der Waals surface area contributed by atoms with Gasteiger partial charge in [0.2, 0.25) is 10.0 Å². The summed E-state index contributed by atoms with van der Waals surface area (Å²) >= 11 is 0. The molecular weight excluding hydrogens is 362 g/mol. The maximum Gasteiger partial charge on any atom is 0.253 e. The SMILES string of the molecule is CCN(CC)S(=O)(=O)c1cccc(C(=O)N2CCN(C3CCCC3)CC2)c1. The molecule has 0 aromatic heterocycles. The maximum atomic E-state index is 12.9. The third-order valence-electron chi connectivity index (χ3n) is 5.87. The van der Waals surface area contributed by atoms with Gasteiger partial charge in [-0.25, -0.2) is 8.42 Å². The van der Waals surface area contributed by atoms with E-state index < -0.39 is 10.0 Å². The second kappa shape index (κ2) is 8.71. The standard InChI is InChI=1S/C20H31N3O3S/c1-3-23(4-2)27(25,26)19-11-7-8-17(16-19)20(24)22-14-12-21(13-15-22)18-9-5-6-10-18/h7-8,11,16,18H,3-6,9-10,12-15H2,1-2H3. The predicted molar refractivity (Wildman–Crippen MR) is 106 cm³/mol. The van der Waals surface area contributed by atoms with Crippen LogP contribution in [0.1, 0.15) is 49.9 Å². The van der Waals surface area contributed by atoms with E-state index in [-0.39, 0.29) is 10.8 Å². The van der Waals surface area contributed by atoms with Crippen LogP contribution in [0, 0.1) is 0 Å². The van der Waals surface area contributed by atoms with E-state index in [9.17, 15) is 13.2 Å². The molecule has 6 nitrogen and oxygen atoms in total. The van der Waals surface area contributed by atoms with Crippen molar-refractivity contribution in [1.29, 1.82) is 0 Å². The first-order valence-electron chi connectivity index (χ1n) is 10.1. The summed E-state index contributed by atoms with van der Waals surface area (Å²) in [4.78, 5) is 17.5. The van der Waals surface area contributed by atoms with Crippen LogP contribution in [0.3, 0.4) is 0 Å². The Balaban J connectivity index is 1.69. The number of amides is 1. The first kappa shape index (κ1) is 20.3. The van der Waals surface area contributed by atoms with Gasteiger partial charge in [0.15, 0.2) is 0 Å². The van der Waals surface area contributed by atoms with Gasteiger partial charge >= 0.3 is 0 Å². The van der Waals surface area contributed by atoms with Crippen LogP contribution in [0.25, 0.3) is 0 Å². The lowest BCUT2D eigenvalue weighted by Crippen LogP contribution is -2.51. The van der Waals surface area contributed by atoms with Gasteiger partial charge in [0.25, 0.3) is 5.91 Å². The third kappa shape index (κ3) is 4.36. The fourth-order valence-electron chi connectivity index (χ4n) is 4.24. The number of benzene rings is 1. The van der Waals surface area contributed by atoms with Crippen molar-refractivity contribution >= 4 is 15.9 Å². The molecule has 1 heterocycles. The van der Waals surface area contributed by atoms with E-state index in [2.05, 4.69) is 4.90 Å². The van der Waals surface area contributed by atoms with Crippen LogP contribution in [-0.4, -0.2) is 73.7 Å². The van der Waals surface area contributed by atoms with Crippen LogP contribution in [-0.2, 0) is 10.0 Å². The van der Waals surface area contributed by atoms with Crippen LogP contribution >= 0.6 is 0 Å². The zero-order valence-electron chi connectivity index (χ0n) is 16.4. The smallest absolute Gasteiger partial charge is 0.253 e. The highest BCUT2D eigenvalue weighted by atomic mass is 32.2. The van der Waals surface area contributed by atoms with Crippen molar-refractivity contribution in [2.24, 2.45) is 0 Å². The molecule has 1 saturated carbocycles. The molecule has 0 spiro atoms. The number of hydrogen-bond donors (Lipinski definition) is 0. The fraction of sp³-hybridized carbons (Fsp3) is 0.650. The Morgan fingerprint density at radius 3 is 2.30 bits per heavy atom. The second-order valence-corrected chi connectivity index (χ2v) is 9.32. The first-order valence-corrected chi connectivity index (χ1v) is 11.5. The lowest BCUT2D eigenvalue weighted by molar-refractivity contribution is 0.0573. The molecule has 0 bridgehead atoms. The highest BCUT2D eigenvalue weighted by Gasteiger charge is 2.29. The number of carbonyl (C=O) groups is 1. The third-order valence-corrected chi connectivity index (χ3v) is 7.91. The van der Waals surface area contributed by atoms with Crippen molar-refractivity contribution < 1.29 is 13.2 Å². The quantitative estimate of drug-likeness (QED) is 0.745. The van der Waals surface area contributed by atoms with Crippen LogP contribution < -0.4 is 0 Å². The molecule has 150 valence electrons. The summed E-state index contributed by atoms with van der Waals surface area (Å²) in [5.41, 5.74) is 0.456. The Labute approximate surface area is 163 Å². The highest BCUT2D eigenvalue weighted by Crippen LogP contribution is 2.25. The summed E-state index contributed by atoms with van der Waals surface area (Å²) in [5.74, 6) is -0.0716. The lowest BCUT2D eigenvalue weighted by Gasteiger charge is -2.38. The van der Waals surface area contributed by atoms with Gasteiger partial charge in [-0.1, -0.05) is 32.8 Å². The lowest BCUT2D eigenvalue weighted by atomic mass is 10.1. The number of rotatable bonds is 6. The molecule has 7 heteroatoms. The molecule has 1 saturated heterocycles. The minimum atomic E-state index is -3.55. The summed E-state index contributed by atoms with van der Waals surface area (Å²) in [6.45, 7) is 7.71. The predicted octanol–water partition coefficient (Wildman–Crippen LogP) is 2.42.